The lowest BCUT2D eigenvalue weighted by atomic mass is 9.93. The number of fused-ring (bicyclic) bond motifs is 1. The van der Waals surface area contributed by atoms with Crippen molar-refractivity contribution in [3.63, 3.8) is 0 Å². The van der Waals surface area contributed by atoms with Gasteiger partial charge in [-0.2, -0.15) is 0 Å². The first-order chi connectivity index (χ1) is 14.4. The van der Waals surface area contributed by atoms with E-state index in [9.17, 15) is 4.79 Å². The standard InChI is InChI=1S/C24H31N5O/c1-5-27-10-8-20(9-11-27)22-16-29(19(4)13-25-22)24(30)12-17(2)21-6-7-23-26-18(3)14-28(23)15-21/h6-7,12-16,19-20H,5,8-11H2,1-4H3/b17-12+. The molecule has 1 unspecified atom stereocenters. The molecular weight excluding hydrogens is 374 g/mol. The van der Waals surface area contributed by atoms with Crippen molar-refractivity contribution in [2.75, 3.05) is 19.6 Å². The van der Waals surface area contributed by atoms with E-state index in [0.717, 1.165) is 60.7 Å². The van der Waals surface area contributed by atoms with Gasteiger partial charge < -0.3 is 14.2 Å². The van der Waals surface area contributed by atoms with Crippen LogP contribution in [-0.4, -0.2) is 57.0 Å². The van der Waals surface area contributed by atoms with E-state index in [0.29, 0.717) is 5.92 Å². The summed E-state index contributed by atoms with van der Waals surface area (Å²) in [7, 11) is 0. The number of likely N-dealkylation sites (tertiary alicyclic amines) is 1. The van der Waals surface area contributed by atoms with Gasteiger partial charge in [0.15, 0.2) is 0 Å². The molecular formula is C24H31N5O. The summed E-state index contributed by atoms with van der Waals surface area (Å²) < 4.78 is 2.00. The number of hydrogen-bond donors (Lipinski definition) is 0. The first-order valence-corrected chi connectivity index (χ1v) is 10.9. The molecule has 30 heavy (non-hydrogen) atoms. The molecule has 4 heterocycles. The topological polar surface area (TPSA) is 53.2 Å². The first-order valence-electron chi connectivity index (χ1n) is 10.9. The maximum atomic E-state index is 13.1. The molecule has 0 radical (unpaired) electrons. The fourth-order valence-corrected chi connectivity index (χ4v) is 4.27. The van der Waals surface area contributed by atoms with Crippen molar-refractivity contribution in [3.8, 4) is 0 Å². The average Bonchev–Trinajstić information content (AvgIpc) is 3.13. The van der Waals surface area contributed by atoms with E-state index < -0.39 is 0 Å². The number of allylic oxidation sites excluding steroid dienone is 2. The minimum atomic E-state index is -0.0418. The Bertz CT molecular complexity index is 1020. The van der Waals surface area contributed by atoms with Crippen LogP contribution in [0.4, 0.5) is 0 Å². The minimum absolute atomic E-state index is 0.00319. The number of amides is 1. The Morgan fingerprint density at radius 3 is 2.73 bits per heavy atom. The molecule has 2 aliphatic heterocycles. The Morgan fingerprint density at radius 2 is 2.00 bits per heavy atom. The summed E-state index contributed by atoms with van der Waals surface area (Å²) >= 11 is 0. The van der Waals surface area contributed by atoms with E-state index in [2.05, 4.69) is 21.8 Å². The third-order valence-electron chi connectivity index (χ3n) is 6.22. The van der Waals surface area contributed by atoms with Crippen LogP contribution < -0.4 is 0 Å². The second-order valence-corrected chi connectivity index (χ2v) is 8.42. The highest BCUT2D eigenvalue weighted by molar-refractivity contribution is 5.97. The lowest BCUT2D eigenvalue weighted by molar-refractivity contribution is -0.124. The minimum Gasteiger partial charge on any atom is -0.306 e. The third-order valence-corrected chi connectivity index (χ3v) is 6.22. The molecule has 0 N–H and O–H groups in total. The van der Waals surface area contributed by atoms with E-state index >= 15 is 0 Å². The third kappa shape index (κ3) is 4.24. The van der Waals surface area contributed by atoms with E-state index in [4.69, 9.17) is 0 Å². The van der Waals surface area contributed by atoms with Crippen LogP contribution in [0.1, 0.15) is 44.9 Å². The monoisotopic (exact) mass is 405 g/mol. The van der Waals surface area contributed by atoms with Crippen molar-refractivity contribution in [1.82, 2.24) is 19.2 Å². The number of rotatable bonds is 4. The van der Waals surface area contributed by atoms with E-state index in [1.54, 1.807) is 6.08 Å². The normalized spacial score (nSPS) is 21.3. The van der Waals surface area contributed by atoms with Gasteiger partial charge in [0, 0.05) is 36.8 Å². The molecule has 2 aromatic heterocycles. The summed E-state index contributed by atoms with van der Waals surface area (Å²) in [6.07, 6.45) is 11.8. The number of piperidine rings is 1. The van der Waals surface area contributed by atoms with Crippen molar-refractivity contribution >= 4 is 23.3 Å². The average molecular weight is 406 g/mol. The van der Waals surface area contributed by atoms with Crippen LogP contribution in [-0.2, 0) is 4.79 Å². The van der Waals surface area contributed by atoms with Crippen LogP contribution in [0.3, 0.4) is 0 Å². The smallest absolute Gasteiger partial charge is 0.251 e. The number of aryl methyl sites for hydroxylation is 1. The zero-order valence-electron chi connectivity index (χ0n) is 18.4. The van der Waals surface area contributed by atoms with Gasteiger partial charge in [0.25, 0.3) is 5.91 Å². The van der Waals surface area contributed by atoms with Crippen LogP contribution in [0.25, 0.3) is 11.2 Å². The predicted molar refractivity (Wildman–Crippen MR) is 121 cm³/mol. The molecule has 0 spiro atoms. The summed E-state index contributed by atoms with van der Waals surface area (Å²) in [5, 5.41) is 0. The highest BCUT2D eigenvalue weighted by Crippen LogP contribution is 2.28. The second-order valence-electron chi connectivity index (χ2n) is 8.42. The van der Waals surface area contributed by atoms with Gasteiger partial charge >= 0.3 is 0 Å². The van der Waals surface area contributed by atoms with Crippen LogP contribution >= 0.6 is 0 Å². The molecule has 1 amide bonds. The number of aromatic nitrogens is 2. The fourth-order valence-electron chi connectivity index (χ4n) is 4.27. The zero-order chi connectivity index (χ0) is 21.3. The van der Waals surface area contributed by atoms with E-state index in [1.165, 1.54) is 0 Å². The Morgan fingerprint density at radius 1 is 1.23 bits per heavy atom. The van der Waals surface area contributed by atoms with Crippen molar-refractivity contribution in [2.24, 2.45) is 10.9 Å². The van der Waals surface area contributed by atoms with Gasteiger partial charge in [0.05, 0.1) is 17.4 Å². The molecule has 0 bridgehead atoms. The number of carbonyl (C=O) groups excluding carboxylic acids is 1. The number of aliphatic imine (C=N–C) groups is 1. The maximum Gasteiger partial charge on any atom is 0.251 e. The molecule has 6 nitrogen and oxygen atoms in total. The van der Waals surface area contributed by atoms with Gasteiger partial charge in [-0.15, -0.1) is 0 Å². The van der Waals surface area contributed by atoms with Gasteiger partial charge in [-0.05, 0) is 76.5 Å². The van der Waals surface area contributed by atoms with Crippen molar-refractivity contribution < 1.29 is 4.79 Å². The quantitative estimate of drug-likeness (QED) is 0.725. The Balaban J connectivity index is 1.51. The van der Waals surface area contributed by atoms with E-state index in [-0.39, 0.29) is 11.9 Å². The molecule has 2 aromatic rings. The molecule has 4 rings (SSSR count). The number of pyridine rings is 1. The molecule has 0 aliphatic carbocycles. The van der Waals surface area contributed by atoms with Crippen molar-refractivity contribution in [2.45, 2.75) is 46.6 Å². The molecule has 158 valence electrons. The number of nitrogens with zero attached hydrogens (tertiary/aromatic N) is 5. The summed E-state index contributed by atoms with van der Waals surface area (Å²) in [5.41, 5.74) is 4.89. The zero-order valence-corrected chi connectivity index (χ0v) is 18.4. The number of imidazole rings is 1. The van der Waals surface area contributed by atoms with Gasteiger partial charge in [0.1, 0.15) is 5.65 Å². The van der Waals surface area contributed by atoms with Gasteiger partial charge in [-0.1, -0.05) is 6.92 Å². The molecule has 0 aromatic carbocycles. The predicted octanol–water partition coefficient (Wildman–Crippen LogP) is 3.92. The summed E-state index contributed by atoms with van der Waals surface area (Å²) in [6.45, 7) is 11.5. The molecule has 1 fully saturated rings. The second kappa shape index (κ2) is 8.56. The molecule has 2 aliphatic rings. The van der Waals surface area contributed by atoms with Crippen LogP contribution in [0.15, 0.2) is 47.5 Å². The largest absolute Gasteiger partial charge is 0.306 e. The van der Waals surface area contributed by atoms with Crippen LogP contribution in [0.2, 0.25) is 0 Å². The lowest BCUT2D eigenvalue weighted by Gasteiger charge is -2.34. The van der Waals surface area contributed by atoms with Crippen LogP contribution in [0.5, 0.6) is 0 Å². The van der Waals surface area contributed by atoms with Gasteiger partial charge in [-0.25, -0.2) is 4.98 Å². The molecule has 0 saturated carbocycles. The highest BCUT2D eigenvalue weighted by atomic mass is 16.2. The highest BCUT2D eigenvalue weighted by Gasteiger charge is 2.26. The molecule has 1 atom stereocenters. The SMILES string of the molecule is CCN1CCC(C2=CN(C(=O)/C=C(\C)c3ccc4nc(C)cn4c3)C(C)C=N2)CC1. The first kappa shape index (κ1) is 20.5. The summed E-state index contributed by atoms with van der Waals surface area (Å²) in [5.74, 6) is 0.431. The van der Waals surface area contributed by atoms with Crippen molar-refractivity contribution in [1.29, 1.82) is 0 Å². The molecule has 1 saturated heterocycles. The maximum absolute atomic E-state index is 13.1. The summed E-state index contributed by atoms with van der Waals surface area (Å²) in [6, 6.07) is 3.96. The van der Waals surface area contributed by atoms with Crippen molar-refractivity contribution in [3.05, 3.63) is 53.8 Å². The van der Waals surface area contributed by atoms with Gasteiger partial charge in [0.2, 0.25) is 0 Å². The number of carbonyl (C=O) groups is 1. The Labute approximate surface area is 178 Å². The number of hydrogen-bond acceptors (Lipinski definition) is 4. The Hall–Kier alpha value is -2.73. The van der Waals surface area contributed by atoms with Gasteiger partial charge in [-0.3, -0.25) is 9.79 Å². The Kier molecular flexibility index (Phi) is 5.86. The molecule has 6 heteroatoms. The fraction of sp³-hybridized carbons (Fsp3) is 0.458. The summed E-state index contributed by atoms with van der Waals surface area (Å²) in [4.78, 5) is 26.5. The lowest BCUT2D eigenvalue weighted by Crippen LogP contribution is -2.39. The van der Waals surface area contributed by atoms with Crippen LogP contribution in [0, 0.1) is 12.8 Å². The van der Waals surface area contributed by atoms with E-state index in [1.807, 2.05) is 67.0 Å².